The summed E-state index contributed by atoms with van der Waals surface area (Å²) < 4.78 is 41.9. The van der Waals surface area contributed by atoms with Crippen LogP contribution in [0.15, 0.2) is 41.3 Å². The van der Waals surface area contributed by atoms with E-state index in [1.807, 2.05) is 0 Å². The molecule has 0 unspecified atom stereocenters. The number of alkyl halides is 3. The van der Waals surface area contributed by atoms with Gasteiger partial charge in [0.25, 0.3) is 0 Å². The molecule has 0 amide bonds. The highest BCUT2D eigenvalue weighted by Crippen LogP contribution is 2.21. The fourth-order valence-corrected chi connectivity index (χ4v) is 1.98. The average Bonchev–Trinajstić information content (AvgIpc) is 3.08. The normalized spacial score (nSPS) is 11.5. The molecule has 130 valence electrons. The van der Waals surface area contributed by atoms with Crippen LogP contribution in [0.3, 0.4) is 0 Å². The Labute approximate surface area is 140 Å². The monoisotopic (exact) mass is 350 g/mol. The lowest BCUT2D eigenvalue weighted by molar-refractivity contribution is -0.134. The number of halogens is 3. The average molecular weight is 350 g/mol. The van der Waals surface area contributed by atoms with Crippen LogP contribution in [-0.4, -0.2) is 31.3 Å². The van der Waals surface area contributed by atoms with Crippen LogP contribution < -0.4 is 5.32 Å². The van der Waals surface area contributed by atoms with E-state index < -0.39 is 12.6 Å². The Morgan fingerprint density at radius 2 is 2.00 bits per heavy atom. The third-order valence-electron chi connectivity index (χ3n) is 3.16. The summed E-state index contributed by atoms with van der Waals surface area (Å²) >= 11 is 0. The number of hydrogen-bond donors (Lipinski definition) is 1. The van der Waals surface area contributed by atoms with Gasteiger partial charge in [0, 0.05) is 36.3 Å². The molecule has 0 aliphatic carbocycles. The predicted molar refractivity (Wildman–Crippen MR) is 81.3 cm³/mol. The van der Waals surface area contributed by atoms with E-state index in [-0.39, 0.29) is 18.9 Å². The van der Waals surface area contributed by atoms with Crippen LogP contribution in [-0.2, 0) is 13.0 Å². The Hall–Kier alpha value is -3.04. The van der Waals surface area contributed by atoms with E-state index in [0.717, 1.165) is 0 Å². The number of rotatable bonds is 6. The highest BCUT2D eigenvalue weighted by molar-refractivity contribution is 5.51. The first-order valence-corrected chi connectivity index (χ1v) is 7.35. The van der Waals surface area contributed by atoms with Crippen molar-refractivity contribution in [2.24, 2.45) is 0 Å². The van der Waals surface area contributed by atoms with Crippen molar-refractivity contribution in [3.05, 3.63) is 48.4 Å². The largest absolute Gasteiger partial charge is 0.389 e. The third kappa shape index (κ3) is 4.96. The molecule has 0 bridgehead atoms. The summed E-state index contributed by atoms with van der Waals surface area (Å²) in [5, 5.41) is 6.69. The zero-order chi connectivity index (χ0) is 17.7. The Bertz CT molecular complexity index is 821. The number of nitrogens with zero attached hydrogens (tertiary/aromatic N) is 5. The lowest BCUT2D eigenvalue weighted by Gasteiger charge is -2.07. The molecule has 3 aromatic rings. The Morgan fingerprint density at radius 1 is 1.12 bits per heavy atom. The summed E-state index contributed by atoms with van der Waals surface area (Å²) in [6.07, 6.45) is -0.709. The van der Waals surface area contributed by atoms with Crippen LogP contribution in [0, 0.1) is 0 Å². The van der Waals surface area contributed by atoms with Crippen LogP contribution >= 0.6 is 0 Å². The number of nitrogens with one attached hydrogen (secondary N) is 1. The van der Waals surface area contributed by atoms with E-state index in [1.165, 1.54) is 12.3 Å². The zero-order valence-electron chi connectivity index (χ0n) is 12.9. The molecule has 0 fully saturated rings. The molecule has 0 saturated heterocycles. The van der Waals surface area contributed by atoms with Gasteiger partial charge in [0.2, 0.25) is 17.7 Å². The van der Waals surface area contributed by atoms with Crippen LogP contribution in [0.5, 0.6) is 0 Å². The number of aryl methyl sites for hydroxylation is 1. The van der Waals surface area contributed by atoms with E-state index >= 15 is 0 Å². The fraction of sp³-hybridized carbons (Fsp3) is 0.267. The maximum atomic E-state index is 12.3. The van der Waals surface area contributed by atoms with Gasteiger partial charge in [0.1, 0.15) is 0 Å². The van der Waals surface area contributed by atoms with E-state index in [9.17, 15) is 13.2 Å². The van der Waals surface area contributed by atoms with E-state index in [0.29, 0.717) is 23.0 Å². The summed E-state index contributed by atoms with van der Waals surface area (Å²) in [5.41, 5.74) is 1.01. The number of anilines is 1. The minimum Gasteiger partial charge on any atom is -0.345 e. The highest BCUT2D eigenvalue weighted by Gasteiger charge is 2.26. The molecule has 10 heteroatoms. The van der Waals surface area contributed by atoms with Crippen molar-refractivity contribution in [3.63, 3.8) is 0 Å². The first kappa shape index (κ1) is 16.8. The topological polar surface area (TPSA) is 89.6 Å². The highest BCUT2D eigenvalue weighted by atomic mass is 19.4. The predicted octanol–water partition coefficient (Wildman–Crippen LogP) is 3.03. The fourth-order valence-electron chi connectivity index (χ4n) is 1.98. The van der Waals surface area contributed by atoms with Gasteiger partial charge in [0.05, 0.1) is 6.54 Å². The van der Waals surface area contributed by atoms with Crippen LogP contribution in [0.1, 0.15) is 18.0 Å². The lowest BCUT2D eigenvalue weighted by atomic mass is 10.2. The molecule has 3 aromatic heterocycles. The minimum atomic E-state index is -4.22. The Balaban J connectivity index is 1.60. The van der Waals surface area contributed by atoms with Crippen LogP contribution in [0.2, 0.25) is 0 Å². The van der Waals surface area contributed by atoms with Gasteiger partial charge in [0.15, 0.2) is 0 Å². The number of pyridine rings is 1. The first-order valence-electron chi connectivity index (χ1n) is 7.35. The van der Waals surface area contributed by atoms with Crippen molar-refractivity contribution in [2.75, 3.05) is 5.32 Å². The molecule has 1 N–H and O–H groups in total. The molecule has 3 heterocycles. The summed E-state index contributed by atoms with van der Waals surface area (Å²) in [4.78, 5) is 16.2. The van der Waals surface area contributed by atoms with E-state index in [2.05, 4.69) is 30.4 Å². The van der Waals surface area contributed by atoms with Crippen molar-refractivity contribution < 1.29 is 17.7 Å². The molecule has 0 aromatic carbocycles. The summed E-state index contributed by atoms with van der Waals surface area (Å²) in [6.45, 7) is 0.149. The molecule has 0 spiro atoms. The Morgan fingerprint density at radius 3 is 2.76 bits per heavy atom. The van der Waals surface area contributed by atoms with Gasteiger partial charge < -0.3 is 9.84 Å². The van der Waals surface area contributed by atoms with Gasteiger partial charge in [-0.15, -0.1) is 0 Å². The molecule has 25 heavy (non-hydrogen) atoms. The van der Waals surface area contributed by atoms with Gasteiger partial charge in [-0.05, 0) is 24.6 Å². The second kappa shape index (κ2) is 7.24. The standard InChI is InChI=1S/C15H13F3N6O/c16-15(17,18)5-3-11-4-7-20-14(22-11)21-9-12-23-13(24-25-12)10-2-1-6-19-8-10/h1-2,4,6-8H,3,5,9H2,(H,20,21,22). The van der Waals surface area contributed by atoms with Gasteiger partial charge in [-0.3, -0.25) is 4.98 Å². The van der Waals surface area contributed by atoms with Gasteiger partial charge >= 0.3 is 6.18 Å². The maximum absolute atomic E-state index is 12.3. The molecule has 0 radical (unpaired) electrons. The third-order valence-corrected chi connectivity index (χ3v) is 3.16. The molecule has 0 atom stereocenters. The second-order valence-corrected chi connectivity index (χ2v) is 5.09. The van der Waals surface area contributed by atoms with Crippen molar-refractivity contribution in [2.45, 2.75) is 25.6 Å². The van der Waals surface area contributed by atoms with Crippen molar-refractivity contribution in [3.8, 4) is 11.4 Å². The maximum Gasteiger partial charge on any atom is 0.389 e. The number of aromatic nitrogens is 5. The van der Waals surface area contributed by atoms with Crippen molar-refractivity contribution in [1.29, 1.82) is 0 Å². The molecule has 0 saturated carbocycles. The molecule has 7 nitrogen and oxygen atoms in total. The van der Waals surface area contributed by atoms with Crippen LogP contribution in [0.4, 0.5) is 19.1 Å². The summed E-state index contributed by atoms with van der Waals surface area (Å²) in [6, 6.07) is 5.00. The SMILES string of the molecule is FC(F)(F)CCc1ccnc(NCc2nc(-c3cccnc3)no2)n1. The van der Waals surface area contributed by atoms with E-state index in [1.54, 1.807) is 24.5 Å². The van der Waals surface area contributed by atoms with Crippen molar-refractivity contribution >= 4 is 5.95 Å². The second-order valence-electron chi connectivity index (χ2n) is 5.09. The van der Waals surface area contributed by atoms with Gasteiger partial charge in [-0.2, -0.15) is 18.2 Å². The van der Waals surface area contributed by atoms with Crippen molar-refractivity contribution in [1.82, 2.24) is 25.1 Å². The first-order chi connectivity index (χ1) is 12.0. The molecular formula is C15H13F3N6O. The zero-order valence-corrected chi connectivity index (χ0v) is 12.9. The molecular weight excluding hydrogens is 337 g/mol. The quantitative estimate of drug-likeness (QED) is 0.731. The Kier molecular flexibility index (Phi) is 4.87. The summed E-state index contributed by atoms with van der Waals surface area (Å²) in [7, 11) is 0. The van der Waals surface area contributed by atoms with E-state index in [4.69, 9.17) is 4.52 Å². The minimum absolute atomic E-state index is 0.149. The van der Waals surface area contributed by atoms with Gasteiger partial charge in [-0.25, -0.2) is 9.97 Å². The lowest BCUT2D eigenvalue weighted by Crippen LogP contribution is -2.10. The smallest absolute Gasteiger partial charge is 0.345 e. The number of hydrogen-bond acceptors (Lipinski definition) is 7. The van der Waals surface area contributed by atoms with Gasteiger partial charge in [-0.1, -0.05) is 5.16 Å². The summed E-state index contributed by atoms with van der Waals surface area (Å²) in [5.74, 6) is 0.883. The molecule has 0 aliphatic rings. The molecule has 0 aliphatic heterocycles. The molecule has 3 rings (SSSR count). The van der Waals surface area contributed by atoms with Crippen LogP contribution in [0.25, 0.3) is 11.4 Å².